The molecule has 0 unspecified atom stereocenters. The van der Waals surface area contributed by atoms with Crippen LogP contribution in [-0.4, -0.2) is 12.7 Å². The normalized spacial score (nSPS) is 12.5. The molecule has 1 rings (SSSR count). The molecule has 0 saturated heterocycles. The second-order valence-corrected chi connectivity index (χ2v) is 2.45. The molecule has 0 aromatic heterocycles. The number of azo groups is 2. The number of nitrogens with zero attached hydrogens (tertiary/aromatic N) is 6. The molecule has 0 heterocycles. The van der Waals surface area contributed by atoms with Gasteiger partial charge in [0.25, 0.3) is 0 Å². The molecule has 0 aliphatic heterocycles. The van der Waals surface area contributed by atoms with E-state index in [1.165, 1.54) is 0 Å². The Labute approximate surface area is 91.5 Å². The molecule has 4 N–H and O–H groups in total. The summed E-state index contributed by atoms with van der Waals surface area (Å²) >= 11 is 0. The van der Waals surface area contributed by atoms with Gasteiger partial charge in [0.05, 0.1) is 0 Å². The van der Waals surface area contributed by atoms with E-state index in [1.807, 2.05) is 0 Å². The van der Waals surface area contributed by atoms with Gasteiger partial charge < -0.3 is 11.7 Å². The molecule has 0 aliphatic carbocycles. The van der Waals surface area contributed by atoms with Crippen LogP contribution < -0.4 is 11.7 Å². The van der Waals surface area contributed by atoms with E-state index in [2.05, 4.69) is 30.7 Å². The number of hydrogen-bond donors (Lipinski definition) is 2. The van der Waals surface area contributed by atoms with Gasteiger partial charge in [-0.2, -0.15) is 10.2 Å². The molecule has 0 radical (unpaired) electrons. The van der Waals surface area contributed by atoms with Gasteiger partial charge in [-0.1, -0.05) is 12.1 Å². The molecular formula is C8H10N8. The molecule has 0 saturated carbocycles. The molecule has 1 aromatic rings. The zero-order valence-electron chi connectivity index (χ0n) is 8.30. The van der Waals surface area contributed by atoms with Gasteiger partial charge in [-0.3, -0.25) is 0 Å². The van der Waals surface area contributed by atoms with Gasteiger partial charge in [-0.05, 0) is 12.1 Å². The third-order valence-corrected chi connectivity index (χ3v) is 1.45. The van der Waals surface area contributed by atoms with Crippen molar-refractivity contribution in [2.24, 2.45) is 42.3 Å². The standard InChI is InChI=1S/C8H10N8/c9-11-5-13-15-7-3-1-2-4-8(7)16-14-6-12-10/h1-6H,9-10H2. The van der Waals surface area contributed by atoms with Gasteiger partial charge in [0.15, 0.2) is 12.7 Å². The molecule has 0 bridgehead atoms. The average Bonchev–Trinajstić information content (AvgIpc) is 2.32. The van der Waals surface area contributed by atoms with Crippen LogP contribution in [0.15, 0.2) is 54.9 Å². The summed E-state index contributed by atoms with van der Waals surface area (Å²) in [7, 11) is 0. The number of nitrogens with two attached hydrogens (primary N) is 2. The third kappa shape index (κ3) is 3.62. The van der Waals surface area contributed by atoms with Crippen molar-refractivity contribution in [1.29, 1.82) is 0 Å². The lowest BCUT2D eigenvalue weighted by Gasteiger charge is -1.94. The van der Waals surface area contributed by atoms with Gasteiger partial charge in [0.2, 0.25) is 0 Å². The molecule has 0 atom stereocenters. The van der Waals surface area contributed by atoms with E-state index < -0.39 is 0 Å². The van der Waals surface area contributed by atoms with Gasteiger partial charge in [0.1, 0.15) is 11.4 Å². The van der Waals surface area contributed by atoms with Crippen LogP contribution in [0.4, 0.5) is 11.4 Å². The van der Waals surface area contributed by atoms with Crippen LogP contribution in [0, 0.1) is 0 Å². The van der Waals surface area contributed by atoms with E-state index in [0.717, 1.165) is 12.7 Å². The molecule has 82 valence electrons. The lowest BCUT2D eigenvalue weighted by molar-refractivity contribution is 1.19. The van der Waals surface area contributed by atoms with E-state index >= 15 is 0 Å². The maximum absolute atomic E-state index is 4.87. The predicted molar refractivity (Wildman–Crippen MR) is 60.8 cm³/mol. The van der Waals surface area contributed by atoms with E-state index in [-0.39, 0.29) is 0 Å². The van der Waals surface area contributed by atoms with Crippen molar-refractivity contribution in [3.63, 3.8) is 0 Å². The summed E-state index contributed by atoms with van der Waals surface area (Å²) in [6, 6.07) is 7.04. The highest BCUT2D eigenvalue weighted by Gasteiger charge is 1.97. The van der Waals surface area contributed by atoms with Crippen molar-refractivity contribution >= 4 is 24.1 Å². The number of rotatable bonds is 4. The molecule has 0 amide bonds. The number of benzene rings is 1. The Kier molecular flexibility index (Phi) is 4.83. The third-order valence-electron chi connectivity index (χ3n) is 1.45. The van der Waals surface area contributed by atoms with E-state index in [4.69, 9.17) is 11.7 Å². The summed E-state index contributed by atoms with van der Waals surface area (Å²) in [5.41, 5.74) is 1.08. The lowest BCUT2D eigenvalue weighted by Crippen LogP contribution is -1.78. The maximum atomic E-state index is 4.87. The van der Waals surface area contributed by atoms with E-state index in [1.54, 1.807) is 24.3 Å². The van der Waals surface area contributed by atoms with Crippen LogP contribution in [0.2, 0.25) is 0 Å². The highest BCUT2D eigenvalue weighted by atomic mass is 15.2. The van der Waals surface area contributed by atoms with Gasteiger partial charge in [-0.15, -0.1) is 20.5 Å². The van der Waals surface area contributed by atoms with Crippen molar-refractivity contribution in [2.75, 3.05) is 0 Å². The van der Waals surface area contributed by atoms with Crippen LogP contribution in [0.1, 0.15) is 0 Å². The van der Waals surface area contributed by atoms with Crippen LogP contribution in [0.25, 0.3) is 0 Å². The Balaban J connectivity index is 2.91. The second-order valence-electron chi connectivity index (χ2n) is 2.45. The number of hydrogen-bond acceptors (Lipinski definition) is 6. The summed E-state index contributed by atoms with van der Waals surface area (Å²) < 4.78 is 0. The van der Waals surface area contributed by atoms with Gasteiger partial charge in [0, 0.05) is 0 Å². The minimum absolute atomic E-state index is 0.538. The zero-order valence-corrected chi connectivity index (χ0v) is 8.30. The fourth-order valence-corrected chi connectivity index (χ4v) is 0.869. The molecule has 0 fully saturated rings. The van der Waals surface area contributed by atoms with Gasteiger partial charge >= 0.3 is 0 Å². The molecule has 8 nitrogen and oxygen atoms in total. The quantitative estimate of drug-likeness (QED) is 0.262. The minimum atomic E-state index is 0.538. The summed E-state index contributed by atoms with van der Waals surface area (Å²) in [6.07, 6.45) is 2.24. The lowest BCUT2D eigenvalue weighted by atomic mass is 10.3. The summed E-state index contributed by atoms with van der Waals surface area (Å²) in [6.45, 7) is 0. The maximum Gasteiger partial charge on any atom is 0.157 e. The van der Waals surface area contributed by atoms with Crippen LogP contribution in [-0.2, 0) is 0 Å². The first-order chi connectivity index (χ1) is 7.88. The first-order valence-corrected chi connectivity index (χ1v) is 4.22. The van der Waals surface area contributed by atoms with Crippen molar-refractivity contribution in [2.45, 2.75) is 0 Å². The van der Waals surface area contributed by atoms with E-state index in [9.17, 15) is 0 Å². The SMILES string of the molecule is NN=CN=Nc1ccccc1N=NC=NN. The Hall–Kier alpha value is -2.64. The highest BCUT2D eigenvalue weighted by Crippen LogP contribution is 2.27. The molecule has 1 aromatic carbocycles. The Morgan fingerprint density at radius 2 is 1.25 bits per heavy atom. The first-order valence-electron chi connectivity index (χ1n) is 4.22. The molecule has 0 aliphatic rings. The van der Waals surface area contributed by atoms with Crippen molar-refractivity contribution in [1.82, 2.24) is 0 Å². The fraction of sp³-hybridized carbons (Fsp3) is 0. The predicted octanol–water partition coefficient (Wildman–Crippen LogP) is 1.66. The van der Waals surface area contributed by atoms with Gasteiger partial charge in [-0.25, -0.2) is 0 Å². The summed E-state index contributed by atoms with van der Waals surface area (Å²) in [5.74, 6) is 9.74. The fourth-order valence-electron chi connectivity index (χ4n) is 0.869. The topological polar surface area (TPSA) is 126 Å². The van der Waals surface area contributed by atoms with Crippen LogP contribution >= 0.6 is 0 Å². The first kappa shape index (κ1) is 11.4. The largest absolute Gasteiger partial charge is 0.322 e. The molecule has 0 spiro atoms. The second kappa shape index (κ2) is 6.76. The summed E-state index contributed by atoms with van der Waals surface area (Å²) in [5, 5.41) is 21.2. The Bertz CT molecular complexity index is 392. The van der Waals surface area contributed by atoms with Crippen molar-refractivity contribution in [3.05, 3.63) is 24.3 Å². The monoisotopic (exact) mass is 218 g/mol. The highest BCUT2D eigenvalue weighted by molar-refractivity contribution is 5.63. The minimum Gasteiger partial charge on any atom is -0.322 e. The van der Waals surface area contributed by atoms with Crippen molar-refractivity contribution in [3.8, 4) is 0 Å². The van der Waals surface area contributed by atoms with E-state index in [0.29, 0.717) is 11.4 Å². The zero-order chi connectivity index (χ0) is 11.6. The number of hydrazone groups is 2. The smallest absolute Gasteiger partial charge is 0.157 e. The summed E-state index contributed by atoms with van der Waals surface area (Å²) in [4.78, 5) is 0. The van der Waals surface area contributed by atoms with Crippen LogP contribution in [0.5, 0.6) is 0 Å². The molecule has 16 heavy (non-hydrogen) atoms. The Morgan fingerprint density at radius 3 is 1.62 bits per heavy atom. The molecular weight excluding hydrogens is 208 g/mol. The molecule has 8 heteroatoms. The van der Waals surface area contributed by atoms with Crippen molar-refractivity contribution < 1.29 is 0 Å². The Morgan fingerprint density at radius 1 is 0.812 bits per heavy atom. The average molecular weight is 218 g/mol. The van der Waals surface area contributed by atoms with Crippen LogP contribution in [0.3, 0.4) is 0 Å².